The largest absolute Gasteiger partial charge is 0.416 e. The van der Waals surface area contributed by atoms with Crippen molar-refractivity contribution in [2.75, 3.05) is 34.8 Å². The van der Waals surface area contributed by atoms with Gasteiger partial charge in [-0.2, -0.15) is 13.2 Å². The van der Waals surface area contributed by atoms with Crippen molar-refractivity contribution in [2.45, 2.75) is 25.6 Å². The third kappa shape index (κ3) is 3.94. The van der Waals surface area contributed by atoms with Gasteiger partial charge in [-0.1, -0.05) is 12.1 Å². The van der Waals surface area contributed by atoms with E-state index < -0.39 is 41.3 Å². The fraction of sp³-hybridized carbons (Fsp3) is 0.348. The van der Waals surface area contributed by atoms with Gasteiger partial charge in [-0.15, -0.1) is 6.58 Å². The second-order valence-corrected chi connectivity index (χ2v) is 8.22. The molecule has 2 aromatic rings. The van der Waals surface area contributed by atoms with Crippen LogP contribution in [0.15, 0.2) is 43.0 Å². The average molecular weight is 462 g/mol. The van der Waals surface area contributed by atoms with Crippen LogP contribution in [0, 0.1) is 18.7 Å². The van der Waals surface area contributed by atoms with Crippen LogP contribution < -0.4 is 14.7 Å². The number of halogens is 4. The lowest BCUT2D eigenvalue weighted by Crippen LogP contribution is -2.52. The fourth-order valence-electron chi connectivity index (χ4n) is 4.59. The molecular formula is C23H22F4N4O2. The summed E-state index contributed by atoms with van der Waals surface area (Å²) in [5, 5.41) is 0. The minimum atomic E-state index is -4.64. The van der Waals surface area contributed by atoms with Crippen LogP contribution in [0.2, 0.25) is 0 Å². The van der Waals surface area contributed by atoms with Crippen LogP contribution >= 0.6 is 0 Å². The van der Waals surface area contributed by atoms with Crippen LogP contribution in [0.1, 0.15) is 17.7 Å². The predicted octanol–water partition coefficient (Wildman–Crippen LogP) is 3.94. The van der Waals surface area contributed by atoms with Crippen molar-refractivity contribution in [3.8, 4) is 0 Å². The number of aromatic nitrogens is 1. The molecule has 2 aliphatic rings. The van der Waals surface area contributed by atoms with Crippen LogP contribution in [0.4, 0.5) is 34.8 Å². The first-order valence-electron chi connectivity index (χ1n) is 10.3. The Kier molecular flexibility index (Phi) is 5.63. The number of pyridine rings is 1. The number of hydrogen-bond donors (Lipinski definition) is 0. The van der Waals surface area contributed by atoms with Gasteiger partial charge in [0.05, 0.1) is 16.9 Å². The van der Waals surface area contributed by atoms with Crippen molar-refractivity contribution in [1.82, 2.24) is 4.98 Å². The Balaban J connectivity index is 1.84. The highest BCUT2D eigenvalue weighted by molar-refractivity contribution is 6.10. The number of rotatable bonds is 3. The highest BCUT2D eigenvalue weighted by Gasteiger charge is 2.49. The van der Waals surface area contributed by atoms with E-state index in [-0.39, 0.29) is 36.7 Å². The summed E-state index contributed by atoms with van der Waals surface area (Å²) in [7, 11) is 1.46. The Morgan fingerprint density at radius 1 is 1.24 bits per heavy atom. The Labute approximate surface area is 188 Å². The number of carbonyl (C=O) groups is 2. The number of hydrogen-bond acceptors (Lipinski definition) is 4. The zero-order chi connectivity index (χ0) is 24.1. The van der Waals surface area contributed by atoms with E-state index in [2.05, 4.69) is 11.6 Å². The van der Waals surface area contributed by atoms with Crippen LogP contribution in [0.25, 0.3) is 0 Å². The molecule has 6 nitrogen and oxygen atoms in total. The summed E-state index contributed by atoms with van der Waals surface area (Å²) >= 11 is 0. The van der Waals surface area contributed by atoms with E-state index in [1.54, 1.807) is 17.0 Å². The van der Waals surface area contributed by atoms with E-state index in [1.807, 2.05) is 0 Å². The molecule has 0 saturated carbocycles. The smallest absolute Gasteiger partial charge is 0.363 e. The Morgan fingerprint density at radius 3 is 2.64 bits per heavy atom. The second-order valence-electron chi connectivity index (χ2n) is 8.22. The van der Waals surface area contributed by atoms with Crippen LogP contribution in [0.3, 0.4) is 0 Å². The molecule has 3 heterocycles. The standard InChI is InChI=1S/C23H22F4N4O2/c1-4-8-30-12-14-10-19(32)31(18-11-15(23(25,26)27)9-13(2)28-18)20(14)22(33)29(3)17-7-5-6-16(24)21(17)30/h4-7,9,11,14,20H,1,8,10,12H2,2-3H3/t14-,20+/m1/s1. The van der Waals surface area contributed by atoms with Gasteiger partial charge in [0.2, 0.25) is 11.8 Å². The van der Waals surface area contributed by atoms with E-state index in [1.165, 1.54) is 31.0 Å². The molecule has 0 bridgehead atoms. The number of carbonyl (C=O) groups excluding carboxylic acids is 2. The number of para-hydroxylation sites is 1. The van der Waals surface area contributed by atoms with Crippen LogP contribution in [0.5, 0.6) is 0 Å². The first-order chi connectivity index (χ1) is 15.5. The SMILES string of the molecule is C=CCN1C[C@H]2CC(=O)N(c3cc(C(F)(F)F)cc(C)n3)[C@@H]2C(=O)N(C)c2cccc(F)c21. The van der Waals surface area contributed by atoms with Gasteiger partial charge in [-0.05, 0) is 31.2 Å². The third-order valence-electron chi connectivity index (χ3n) is 5.98. The van der Waals surface area contributed by atoms with Gasteiger partial charge in [0.1, 0.15) is 17.7 Å². The number of aryl methyl sites for hydroxylation is 1. The quantitative estimate of drug-likeness (QED) is 0.512. The molecule has 2 aliphatic heterocycles. The van der Waals surface area contributed by atoms with Gasteiger partial charge in [-0.3, -0.25) is 14.5 Å². The summed E-state index contributed by atoms with van der Waals surface area (Å²) in [6.07, 6.45) is -3.14. The second kappa shape index (κ2) is 8.17. The van der Waals surface area contributed by atoms with Gasteiger partial charge < -0.3 is 9.80 Å². The maximum atomic E-state index is 14.8. The number of amides is 2. The Bertz CT molecular complexity index is 1130. The normalized spacial score (nSPS) is 21.0. The summed E-state index contributed by atoms with van der Waals surface area (Å²) in [6, 6.07) is 4.93. The molecule has 2 atom stereocenters. The van der Waals surface area contributed by atoms with E-state index >= 15 is 0 Å². The zero-order valence-corrected chi connectivity index (χ0v) is 18.1. The van der Waals surface area contributed by atoms with Gasteiger partial charge in [-0.25, -0.2) is 9.37 Å². The molecule has 2 amide bonds. The highest BCUT2D eigenvalue weighted by Crippen LogP contribution is 2.41. The summed E-state index contributed by atoms with van der Waals surface area (Å²) in [6.45, 7) is 5.51. The Morgan fingerprint density at radius 2 is 1.97 bits per heavy atom. The lowest BCUT2D eigenvalue weighted by Gasteiger charge is -2.38. The molecule has 174 valence electrons. The number of benzene rings is 1. The molecule has 0 N–H and O–H groups in total. The van der Waals surface area contributed by atoms with E-state index in [0.29, 0.717) is 5.69 Å². The van der Waals surface area contributed by atoms with Gasteiger partial charge in [0, 0.05) is 38.2 Å². The molecular weight excluding hydrogens is 440 g/mol. The van der Waals surface area contributed by atoms with E-state index in [0.717, 1.165) is 17.0 Å². The van der Waals surface area contributed by atoms with Gasteiger partial charge in [0.25, 0.3) is 0 Å². The molecule has 0 aliphatic carbocycles. The maximum absolute atomic E-state index is 14.8. The number of fused-ring (bicyclic) bond motifs is 2. The number of likely N-dealkylation sites (N-methyl/N-ethyl adjacent to an activating group) is 1. The minimum Gasteiger partial charge on any atom is -0.363 e. The fourth-order valence-corrected chi connectivity index (χ4v) is 4.59. The van der Waals surface area contributed by atoms with Crippen LogP contribution in [-0.2, 0) is 15.8 Å². The van der Waals surface area contributed by atoms with Gasteiger partial charge >= 0.3 is 6.18 Å². The molecule has 1 aromatic heterocycles. The van der Waals surface area contributed by atoms with E-state index in [4.69, 9.17) is 0 Å². The Hall–Kier alpha value is -3.43. The van der Waals surface area contributed by atoms with Crippen LogP contribution in [-0.4, -0.2) is 43.0 Å². The monoisotopic (exact) mass is 462 g/mol. The summed E-state index contributed by atoms with van der Waals surface area (Å²) in [5.74, 6) is -2.37. The lowest BCUT2D eigenvalue weighted by atomic mass is 9.95. The molecule has 0 unspecified atom stereocenters. The molecule has 0 radical (unpaired) electrons. The molecule has 10 heteroatoms. The minimum absolute atomic E-state index is 0.0726. The summed E-state index contributed by atoms with van der Waals surface area (Å²) < 4.78 is 55.0. The van der Waals surface area contributed by atoms with Crippen molar-refractivity contribution in [3.05, 3.63) is 60.1 Å². The highest BCUT2D eigenvalue weighted by atomic mass is 19.4. The summed E-state index contributed by atoms with van der Waals surface area (Å²) in [4.78, 5) is 34.7. The first-order valence-corrected chi connectivity index (χ1v) is 10.3. The molecule has 1 fully saturated rings. The van der Waals surface area contributed by atoms with E-state index in [9.17, 15) is 27.2 Å². The molecule has 33 heavy (non-hydrogen) atoms. The average Bonchev–Trinajstić information content (AvgIpc) is 3.06. The predicted molar refractivity (Wildman–Crippen MR) is 116 cm³/mol. The molecule has 0 spiro atoms. The molecule has 1 saturated heterocycles. The number of nitrogens with zero attached hydrogens (tertiary/aromatic N) is 4. The third-order valence-corrected chi connectivity index (χ3v) is 5.98. The number of alkyl halides is 3. The van der Waals surface area contributed by atoms with Crippen molar-refractivity contribution in [3.63, 3.8) is 0 Å². The van der Waals surface area contributed by atoms with Crippen molar-refractivity contribution in [1.29, 1.82) is 0 Å². The summed E-state index contributed by atoms with van der Waals surface area (Å²) in [5.41, 5.74) is -0.365. The topological polar surface area (TPSA) is 56.8 Å². The zero-order valence-electron chi connectivity index (χ0n) is 18.1. The molecule has 1 aromatic carbocycles. The van der Waals surface area contributed by atoms with Crippen molar-refractivity contribution >= 4 is 29.0 Å². The van der Waals surface area contributed by atoms with Crippen molar-refractivity contribution < 1.29 is 27.2 Å². The van der Waals surface area contributed by atoms with Gasteiger partial charge in [0.15, 0.2) is 0 Å². The lowest BCUT2D eigenvalue weighted by molar-refractivity contribution is -0.137. The van der Waals surface area contributed by atoms with Crippen molar-refractivity contribution in [2.24, 2.45) is 5.92 Å². The maximum Gasteiger partial charge on any atom is 0.416 e. The first kappa shape index (κ1) is 22.8. The molecule has 4 rings (SSSR count). The number of anilines is 3.